The molecule has 0 radical (unpaired) electrons. The molecule has 1 atom stereocenters. The van der Waals surface area contributed by atoms with Crippen LogP contribution in [-0.2, 0) is 6.42 Å². The standard InChI is InChI=1S/C15H28N4S.HI/c1-5-6-7-8-12(2)18-15(16-4)17-10-9-14-11-20-13(3)19-14;/h11-12H,5-10H2,1-4H3,(H2,16,17,18);1H. The zero-order valence-corrected chi connectivity index (χ0v) is 16.8. The Labute approximate surface area is 150 Å². The number of hydrogen-bond donors (Lipinski definition) is 2. The van der Waals surface area contributed by atoms with Gasteiger partial charge >= 0.3 is 0 Å². The number of nitrogens with zero attached hydrogens (tertiary/aromatic N) is 2. The average molecular weight is 424 g/mol. The van der Waals surface area contributed by atoms with Gasteiger partial charge in [-0.2, -0.15) is 0 Å². The second-order valence-corrected chi connectivity index (χ2v) is 6.21. The molecule has 0 bridgehead atoms. The van der Waals surface area contributed by atoms with Crippen LogP contribution in [0.15, 0.2) is 10.4 Å². The van der Waals surface area contributed by atoms with Gasteiger partial charge in [-0.3, -0.25) is 4.99 Å². The maximum Gasteiger partial charge on any atom is 0.191 e. The van der Waals surface area contributed by atoms with Gasteiger partial charge in [0.05, 0.1) is 10.7 Å². The summed E-state index contributed by atoms with van der Waals surface area (Å²) in [7, 11) is 1.82. The third kappa shape index (κ3) is 9.29. The fourth-order valence-electron chi connectivity index (χ4n) is 2.03. The number of rotatable bonds is 8. The van der Waals surface area contributed by atoms with Crippen molar-refractivity contribution in [3.8, 4) is 0 Å². The maximum atomic E-state index is 4.46. The minimum Gasteiger partial charge on any atom is -0.356 e. The molecule has 1 aromatic rings. The van der Waals surface area contributed by atoms with Crippen LogP contribution >= 0.6 is 35.3 Å². The van der Waals surface area contributed by atoms with Crippen LogP contribution < -0.4 is 10.6 Å². The van der Waals surface area contributed by atoms with Crippen molar-refractivity contribution in [2.75, 3.05) is 13.6 Å². The second-order valence-electron chi connectivity index (χ2n) is 5.15. The van der Waals surface area contributed by atoms with Gasteiger partial charge in [0.15, 0.2) is 5.96 Å². The molecular weight excluding hydrogens is 395 g/mol. The predicted octanol–water partition coefficient (Wildman–Crippen LogP) is 3.75. The molecule has 0 aliphatic rings. The Morgan fingerprint density at radius 3 is 2.76 bits per heavy atom. The van der Waals surface area contributed by atoms with Crippen molar-refractivity contribution in [2.45, 2.75) is 58.9 Å². The smallest absolute Gasteiger partial charge is 0.191 e. The van der Waals surface area contributed by atoms with E-state index in [1.807, 2.05) is 14.0 Å². The molecular formula is C15H29IN4S. The number of aromatic nitrogens is 1. The van der Waals surface area contributed by atoms with Crippen LogP contribution in [-0.4, -0.2) is 30.6 Å². The fourth-order valence-corrected chi connectivity index (χ4v) is 2.68. The molecule has 4 nitrogen and oxygen atoms in total. The molecule has 0 saturated heterocycles. The highest BCUT2D eigenvalue weighted by Gasteiger charge is 2.05. The lowest BCUT2D eigenvalue weighted by Crippen LogP contribution is -2.42. The highest BCUT2D eigenvalue weighted by Crippen LogP contribution is 2.07. The molecule has 6 heteroatoms. The number of thiazole rings is 1. The molecule has 0 aliphatic carbocycles. The van der Waals surface area contributed by atoms with Gasteiger partial charge in [-0.25, -0.2) is 4.98 Å². The Balaban J connectivity index is 0.00000400. The third-order valence-electron chi connectivity index (χ3n) is 3.19. The van der Waals surface area contributed by atoms with Crippen molar-refractivity contribution in [1.29, 1.82) is 0 Å². The number of halogens is 1. The fraction of sp³-hybridized carbons (Fsp3) is 0.733. The van der Waals surface area contributed by atoms with E-state index in [4.69, 9.17) is 0 Å². The van der Waals surface area contributed by atoms with E-state index in [1.54, 1.807) is 11.3 Å². The molecule has 0 amide bonds. The third-order valence-corrected chi connectivity index (χ3v) is 4.01. The van der Waals surface area contributed by atoms with E-state index in [0.29, 0.717) is 6.04 Å². The van der Waals surface area contributed by atoms with Crippen LogP contribution in [0.2, 0.25) is 0 Å². The minimum atomic E-state index is 0. The highest BCUT2D eigenvalue weighted by molar-refractivity contribution is 14.0. The molecule has 21 heavy (non-hydrogen) atoms. The first kappa shape index (κ1) is 20.6. The first-order valence-electron chi connectivity index (χ1n) is 7.54. The number of nitrogens with one attached hydrogen (secondary N) is 2. The van der Waals surface area contributed by atoms with E-state index in [2.05, 4.69) is 39.8 Å². The number of aliphatic imine (C=N–C) groups is 1. The first-order valence-corrected chi connectivity index (χ1v) is 8.41. The zero-order chi connectivity index (χ0) is 14.8. The van der Waals surface area contributed by atoms with Gasteiger partial charge in [0, 0.05) is 31.4 Å². The largest absolute Gasteiger partial charge is 0.356 e. The summed E-state index contributed by atoms with van der Waals surface area (Å²) in [6.45, 7) is 7.36. The average Bonchev–Trinajstić information content (AvgIpc) is 2.83. The van der Waals surface area contributed by atoms with E-state index in [-0.39, 0.29) is 24.0 Å². The Morgan fingerprint density at radius 1 is 1.43 bits per heavy atom. The zero-order valence-electron chi connectivity index (χ0n) is 13.6. The van der Waals surface area contributed by atoms with Gasteiger partial charge < -0.3 is 10.6 Å². The Morgan fingerprint density at radius 2 is 2.19 bits per heavy atom. The normalized spacial score (nSPS) is 12.7. The van der Waals surface area contributed by atoms with Crippen LogP contribution in [0, 0.1) is 6.92 Å². The molecule has 1 heterocycles. The molecule has 0 aromatic carbocycles. The number of hydrogen-bond acceptors (Lipinski definition) is 3. The molecule has 0 aliphatic heterocycles. The summed E-state index contributed by atoms with van der Waals surface area (Å²) in [4.78, 5) is 8.73. The summed E-state index contributed by atoms with van der Waals surface area (Å²) in [5, 5.41) is 10.0. The molecule has 0 saturated carbocycles. The Kier molecular flexibility index (Phi) is 12.0. The van der Waals surface area contributed by atoms with Crippen molar-refractivity contribution >= 4 is 41.3 Å². The van der Waals surface area contributed by atoms with Crippen LogP contribution in [0.4, 0.5) is 0 Å². The van der Waals surface area contributed by atoms with Gasteiger partial charge in [0.1, 0.15) is 0 Å². The summed E-state index contributed by atoms with van der Waals surface area (Å²) in [5.74, 6) is 0.890. The van der Waals surface area contributed by atoms with Gasteiger partial charge in [0.25, 0.3) is 0 Å². The molecule has 2 N–H and O–H groups in total. The Hall–Kier alpha value is -0.370. The lowest BCUT2D eigenvalue weighted by molar-refractivity contribution is 0.547. The van der Waals surface area contributed by atoms with E-state index >= 15 is 0 Å². The van der Waals surface area contributed by atoms with Crippen LogP contribution in [0.3, 0.4) is 0 Å². The molecule has 122 valence electrons. The monoisotopic (exact) mass is 424 g/mol. The highest BCUT2D eigenvalue weighted by atomic mass is 127. The Bertz CT molecular complexity index is 406. The summed E-state index contributed by atoms with van der Waals surface area (Å²) in [5.41, 5.74) is 1.16. The van der Waals surface area contributed by atoms with E-state index in [0.717, 1.165) is 29.6 Å². The van der Waals surface area contributed by atoms with Crippen molar-refractivity contribution in [3.05, 3.63) is 16.1 Å². The lowest BCUT2D eigenvalue weighted by atomic mass is 10.1. The van der Waals surface area contributed by atoms with E-state index in [1.165, 1.54) is 25.7 Å². The number of aryl methyl sites for hydroxylation is 1. The number of guanidine groups is 1. The predicted molar refractivity (Wildman–Crippen MR) is 104 cm³/mol. The summed E-state index contributed by atoms with van der Waals surface area (Å²) < 4.78 is 0. The van der Waals surface area contributed by atoms with Crippen LogP contribution in [0.25, 0.3) is 0 Å². The van der Waals surface area contributed by atoms with E-state index < -0.39 is 0 Å². The molecule has 1 unspecified atom stereocenters. The van der Waals surface area contributed by atoms with Crippen molar-refractivity contribution in [3.63, 3.8) is 0 Å². The maximum absolute atomic E-state index is 4.46. The minimum absolute atomic E-state index is 0. The van der Waals surface area contributed by atoms with E-state index in [9.17, 15) is 0 Å². The van der Waals surface area contributed by atoms with Gasteiger partial charge in [0.2, 0.25) is 0 Å². The summed E-state index contributed by atoms with van der Waals surface area (Å²) in [6.07, 6.45) is 5.99. The molecule has 0 fully saturated rings. The quantitative estimate of drug-likeness (QED) is 0.289. The summed E-state index contributed by atoms with van der Waals surface area (Å²) in [6, 6.07) is 0.467. The number of unbranched alkanes of at least 4 members (excludes halogenated alkanes) is 2. The topological polar surface area (TPSA) is 49.3 Å². The first-order chi connectivity index (χ1) is 9.65. The lowest BCUT2D eigenvalue weighted by Gasteiger charge is -2.17. The second kappa shape index (κ2) is 12.2. The molecule has 1 aromatic heterocycles. The van der Waals surface area contributed by atoms with Crippen molar-refractivity contribution < 1.29 is 0 Å². The molecule has 0 spiro atoms. The van der Waals surface area contributed by atoms with Gasteiger partial charge in [-0.1, -0.05) is 26.2 Å². The van der Waals surface area contributed by atoms with Crippen molar-refractivity contribution in [2.24, 2.45) is 4.99 Å². The molecule has 1 rings (SSSR count). The van der Waals surface area contributed by atoms with Crippen LogP contribution in [0.5, 0.6) is 0 Å². The van der Waals surface area contributed by atoms with Crippen molar-refractivity contribution in [1.82, 2.24) is 15.6 Å². The van der Waals surface area contributed by atoms with Crippen LogP contribution in [0.1, 0.15) is 50.2 Å². The summed E-state index contributed by atoms with van der Waals surface area (Å²) >= 11 is 1.71. The van der Waals surface area contributed by atoms with Gasteiger partial charge in [-0.05, 0) is 20.3 Å². The van der Waals surface area contributed by atoms with Gasteiger partial charge in [-0.15, -0.1) is 35.3 Å². The SMILES string of the molecule is CCCCCC(C)NC(=NC)NCCc1csc(C)n1.I.